The van der Waals surface area contributed by atoms with Crippen LogP contribution in [0.3, 0.4) is 0 Å². The van der Waals surface area contributed by atoms with Crippen molar-refractivity contribution in [3.63, 3.8) is 0 Å². The SMILES string of the molecule is O=C(COc1ccc(Br)cc1Cl)NC(=S)Nc1ccc(S(=O)(=O)NC(=O)[C@@H](NC(=O)OCc2ccccc2)c2ccccc2)cc1. The van der Waals surface area contributed by atoms with Crippen LogP contribution in [0.5, 0.6) is 5.75 Å². The number of nitrogens with one attached hydrogen (secondary N) is 4. The Hall–Kier alpha value is -4.50. The Bertz CT molecular complexity index is 1810. The van der Waals surface area contributed by atoms with E-state index in [0.29, 0.717) is 22.0 Å². The van der Waals surface area contributed by atoms with Crippen molar-refractivity contribution in [1.82, 2.24) is 15.4 Å². The first kappa shape index (κ1) is 34.4. The Morgan fingerprint density at radius 3 is 2.20 bits per heavy atom. The lowest BCUT2D eigenvalue weighted by molar-refractivity contribution is -0.122. The number of alkyl carbamates (subject to hydrolysis) is 1. The average molecular weight is 746 g/mol. The first-order valence-electron chi connectivity index (χ1n) is 13.4. The van der Waals surface area contributed by atoms with Gasteiger partial charge in [-0.3, -0.25) is 14.9 Å². The fourth-order valence-electron chi connectivity index (χ4n) is 3.86. The highest BCUT2D eigenvalue weighted by molar-refractivity contribution is 9.10. The van der Waals surface area contributed by atoms with Crippen molar-refractivity contribution >= 4 is 78.5 Å². The number of anilines is 1. The van der Waals surface area contributed by atoms with Crippen LogP contribution < -0.4 is 25.4 Å². The second kappa shape index (κ2) is 16.2. The number of carbonyl (C=O) groups is 3. The fourth-order valence-corrected chi connectivity index (χ4v) is 5.81. The van der Waals surface area contributed by atoms with Gasteiger partial charge in [-0.15, -0.1) is 0 Å². The Kier molecular flexibility index (Phi) is 12.1. The molecule has 0 bridgehead atoms. The number of benzene rings is 4. The molecule has 11 nitrogen and oxygen atoms in total. The maximum atomic E-state index is 13.2. The molecule has 0 aliphatic heterocycles. The van der Waals surface area contributed by atoms with Crippen LogP contribution in [0.15, 0.2) is 112 Å². The third-order valence-electron chi connectivity index (χ3n) is 6.03. The van der Waals surface area contributed by atoms with E-state index in [9.17, 15) is 22.8 Å². The zero-order valence-electron chi connectivity index (χ0n) is 23.7. The van der Waals surface area contributed by atoms with Crippen molar-refractivity contribution in [2.45, 2.75) is 17.5 Å². The summed E-state index contributed by atoms with van der Waals surface area (Å²) in [5, 5.41) is 7.90. The zero-order valence-corrected chi connectivity index (χ0v) is 27.7. The van der Waals surface area contributed by atoms with Crippen LogP contribution in [-0.4, -0.2) is 38.0 Å². The fraction of sp³-hybridized carbons (Fsp3) is 0.0968. The van der Waals surface area contributed by atoms with Gasteiger partial charge in [-0.1, -0.05) is 88.2 Å². The van der Waals surface area contributed by atoms with Crippen LogP contribution in [0.25, 0.3) is 0 Å². The van der Waals surface area contributed by atoms with Crippen LogP contribution in [-0.2, 0) is 31.0 Å². The van der Waals surface area contributed by atoms with E-state index in [2.05, 4.69) is 31.9 Å². The van der Waals surface area contributed by atoms with E-state index in [-0.39, 0.29) is 23.2 Å². The summed E-state index contributed by atoms with van der Waals surface area (Å²) in [4.78, 5) is 37.7. The minimum absolute atomic E-state index is 0.0454. The molecule has 0 fully saturated rings. The van der Waals surface area contributed by atoms with Gasteiger partial charge < -0.3 is 20.1 Å². The van der Waals surface area contributed by atoms with Crippen LogP contribution in [0, 0.1) is 0 Å². The summed E-state index contributed by atoms with van der Waals surface area (Å²) < 4.78 is 39.5. The van der Waals surface area contributed by atoms with Crippen molar-refractivity contribution in [2.75, 3.05) is 11.9 Å². The van der Waals surface area contributed by atoms with Crippen LogP contribution in [0.4, 0.5) is 10.5 Å². The predicted octanol–water partition coefficient (Wildman–Crippen LogP) is 5.47. The molecule has 46 heavy (non-hydrogen) atoms. The highest BCUT2D eigenvalue weighted by Gasteiger charge is 2.28. The molecule has 0 saturated heterocycles. The molecule has 4 aromatic rings. The minimum Gasteiger partial charge on any atom is -0.482 e. The third-order valence-corrected chi connectivity index (χ3v) is 8.39. The molecule has 0 aliphatic rings. The first-order chi connectivity index (χ1) is 22.0. The van der Waals surface area contributed by atoms with Crippen molar-refractivity contribution < 1.29 is 32.3 Å². The molecule has 238 valence electrons. The summed E-state index contributed by atoms with van der Waals surface area (Å²) in [6, 6.07) is 25.9. The number of hydrogen-bond acceptors (Lipinski definition) is 8. The summed E-state index contributed by atoms with van der Waals surface area (Å²) in [5.74, 6) is -1.24. The molecular weight excluding hydrogens is 720 g/mol. The maximum Gasteiger partial charge on any atom is 0.408 e. The van der Waals surface area contributed by atoms with Gasteiger partial charge in [0.25, 0.3) is 21.8 Å². The van der Waals surface area contributed by atoms with Crippen molar-refractivity contribution in [1.29, 1.82) is 0 Å². The average Bonchev–Trinajstić information content (AvgIpc) is 3.03. The number of rotatable bonds is 11. The molecule has 1 atom stereocenters. The summed E-state index contributed by atoms with van der Waals surface area (Å²) in [6.45, 7) is -0.403. The second-order valence-electron chi connectivity index (χ2n) is 9.41. The van der Waals surface area contributed by atoms with E-state index >= 15 is 0 Å². The molecule has 15 heteroatoms. The molecule has 0 spiro atoms. The summed E-state index contributed by atoms with van der Waals surface area (Å²) >= 11 is 14.5. The van der Waals surface area contributed by atoms with E-state index < -0.39 is 34.0 Å². The first-order valence-corrected chi connectivity index (χ1v) is 16.4. The summed E-state index contributed by atoms with van der Waals surface area (Å²) in [7, 11) is -4.36. The number of halogens is 2. The van der Waals surface area contributed by atoms with Crippen LogP contribution in [0.1, 0.15) is 17.2 Å². The quantitative estimate of drug-likeness (QED) is 0.147. The molecule has 4 N–H and O–H groups in total. The zero-order chi connectivity index (χ0) is 33.1. The Morgan fingerprint density at radius 1 is 0.891 bits per heavy atom. The number of hydrogen-bond donors (Lipinski definition) is 4. The highest BCUT2D eigenvalue weighted by atomic mass is 79.9. The van der Waals surface area contributed by atoms with Crippen LogP contribution >= 0.6 is 39.7 Å². The van der Waals surface area contributed by atoms with Gasteiger partial charge in [-0.2, -0.15) is 0 Å². The van der Waals surface area contributed by atoms with Crippen LogP contribution in [0.2, 0.25) is 5.02 Å². The van der Waals surface area contributed by atoms with Gasteiger partial charge in [0.1, 0.15) is 18.4 Å². The van der Waals surface area contributed by atoms with E-state index in [0.717, 1.165) is 10.0 Å². The Balaban J connectivity index is 1.33. The predicted molar refractivity (Wildman–Crippen MR) is 180 cm³/mol. The van der Waals surface area contributed by atoms with E-state index in [1.807, 2.05) is 10.8 Å². The van der Waals surface area contributed by atoms with Crippen molar-refractivity contribution in [2.24, 2.45) is 0 Å². The number of thiocarbonyl (C=S) groups is 1. The molecule has 0 heterocycles. The molecule has 0 saturated carbocycles. The monoisotopic (exact) mass is 744 g/mol. The lowest BCUT2D eigenvalue weighted by Gasteiger charge is -2.19. The number of amides is 3. The van der Waals surface area contributed by atoms with E-state index in [4.69, 9.17) is 33.3 Å². The van der Waals surface area contributed by atoms with E-state index in [1.54, 1.807) is 72.8 Å². The Labute approximate surface area is 283 Å². The lowest BCUT2D eigenvalue weighted by atomic mass is 10.1. The van der Waals surface area contributed by atoms with Crippen molar-refractivity contribution in [3.05, 3.63) is 124 Å². The van der Waals surface area contributed by atoms with Gasteiger partial charge in [0.15, 0.2) is 11.7 Å². The molecule has 0 aliphatic carbocycles. The largest absolute Gasteiger partial charge is 0.482 e. The lowest BCUT2D eigenvalue weighted by Crippen LogP contribution is -2.42. The minimum atomic E-state index is -4.36. The summed E-state index contributed by atoms with van der Waals surface area (Å²) in [5.41, 5.74) is 1.43. The Morgan fingerprint density at radius 2 is 1.54 bits per heavy atom. The molecule has 0 unspecified atom stereocenters. The normalized spacial score (nSPS) is 11.4. The maximum absolute atomic E-state index is 13.2. The van der Waals surface area contributed by atoms with Gasteiger partial charge in [0, 0.05) is 10.2 Å². The van der Waals surface area contributed by atoms with Gasteiger partial charge in [-0.25, -0.2) is 17.9 Å². The van der Waals surface area contributed by atoms with Gasteiger partial charge in [0.05, 0.1) is 9.92 Å². The molecule has 4 aromatic carbocycles. The highest BCUT2D eigenvalue weighted by Crippen LogP contribution is 2.27. The van der Waals surface area contributed by atoms with Gasteiger partial charge in [-0.05, 0) is 65.8 Å². The van der Waals surface area contributed by atoms with Crippen molar-refractivity contribution in [3.8, 4) is 5.75 Å². The molecule has 3 amide bonds. The smallest absolute Gasteiger partial charge is 0.408 e. The standard InChI is InChI=1S/C31H26BrClN4O7S2/c32-22-11-16-26(25(33)17-22)43-19-27(38)35-30(45)34-23-12-14-24(15-13-23)46(41,42)37-29(39)28(21-9-5-2-6-10-21)36-31(40)44-18-20-7-3-1-4-8-20/h1-17,28H,18-19H2,(H,36,40)(H,37,39)(H2,34,35,38,45)/t28-/m0/s1. The third kappa shape index (κ3) is 10.3. The molecule has 0 radical (unpaired) electrons. The topological polar surface area (TPSA) is 152 Å². The number of sulfonamides is 1. The van der Waals surface area contributed by atoms with E-state index in [1.165, 1.54) is 24.3 Å². The second-order valence-corrected chi connectivity index (χ2v) is 12.8. The number of carbonyl (C=O) groups excluding carboxylic acids is 3. The molecule has 0 aromatic heterocycles. The molecular formula is C31H26BrClN4O7S2. The number of ether oxygens (including phenoxy) is 2. The summed E-state index contributed by atoms with van der Waals surface area (Å²) in [6.07, 6.45) is -0.910. The molecule has 4 rings (SSSR count). The van der Waals surface area contributed by atoms with Gasteiger partial charge in [0.2, 0.25) is 0 Å². The van der Waals surface area contributed by atoms with Gasteiger partial charge >= 0.3 is 6.09 Å².